The molecule has 1 heterocycles. The van der Waals surface area contributed by atoms with Gasteiger partial charge in [-0.2, -0.15) is 0 Å². The molecule has 0 radical (unpaired) electrons. The minimum absolute atomic E-state index is 0. The quantitative estimate of drug-likeness (QED) is 0.274. The number of rotatable bonds is 3. The summed E-state index contributed by atoms with van der Waals surface area (Å²) in [5.41, 5.74) is 2.61. The van der Waals surface area contributed by atoms with Crippen LogP contribution in [0, 0.1) is 0 Å². The van der Waals surface area contributed by atoms with Gasteiger partial charge in [-0.1, -0.05) is 12.1 Å². The number of hydrogen-bond donors (Lipinski definition) is 2. The minimum Gasteiger partial charge on any atom is -0.746 e. The Morgan fingerprint density at radius 2 is 2.06 bits per heavy atom. The Kier molecular flexibility index (Phi) is 5.05. The van der Waals surface area contributed by atoms with Crippen LogP contribution >= 0.6 is 11.3 Å². The summed E-state index contributed by atoms with van der Waals surface area (Å²) >= 11 is 1.12. The van der Waals surface area contributed by atoms with Crippen molar-refractivity contribution in [2.45, 2.75) is 5.37 Å². The minimum atomic E-state index is -4.55. The van der Waals surface area contributed by atoms with Gasteiger partial charge in [0.15, 0.2) is 5.37 Å². The van der Waals surface area contributed by atoms with Gasteiger partial charge in [0.05, 0.1) is 10.2 Å². The van der Waals surface area contributed by atoms with Crippen molar-refractivity contribution in [2.75, 3.05) is 0 Å². The number of nitrogens with one attached hydrogen (secondary N) is 1. The van der Waals surface area contributed by atoms with Crippen LogP contribution in [0.1, 0.15) is 10.4 Å². The molecule has 17 heavy (non-hydrogen) atoms. The van der Waals surface area contributed by atoms with Gasteiger partial charge in [0.1, 0.15) is 15.1 Å². The molecule has 0 aliphatic carbocycles. The molecule has 2 rings (SSSR count). The number of hydrogen-bond acceptors (Lipinski definition) is 7. The van der Waals surface area contributed by atoms with Crippen LogP contribution in [0.5, 0.6) is 0 Å². The Balaban J connectivity index is 0.00000144. The SMILES string of the molecule is NNC(c1nc2ccccc2s1)S(=O)(=O)[O-].[Na+]. The van der Waals surface area contributed by atoms with Crippen LogP contribution in [0.2, 0.25) is 0 Å². The zero-order valence-electron chi connectivity index (χ0n) is 8.95. The summed E-state index contributed by atoms with van der Waals surface area (Å²) in [6.07, 6.45) is 0. The van der Waals surface area contributed by atoms with E-state index in [0.717, 1.165) is 16.0 Å². The summed E-state index contributed by atoms with van der Waals surface area (Å²) in [6, 6.07) is 7.12. The van der Waals surface area contributed by atoms with Crippen molar-refractivity contribution >= 4 is 31.7 Å². The van der Waals surface area contributed by atoms with Crippen LogP contribution in [0.25, 0.3) is 10.2 Å². The van der Waals surface area contributed by atoms with Crippen molar-refractivity contribution in [2.24, 2.45) is 5.84 Å². The first-order valence-electron chi connectivity index (χ1n) is 4.28. The molecule has 0 aliphatic heterocycles. The molecule has 1 unspecified atom stereocenters. The molecular weight excluding hydrogens is 273 g/mol. The fourth-order valence-electron chi connectivity index (χ4n) is 1.28. The van der Waals surface area contributed by atoms with Crippen molar-refractivity contribution in [1.82, 2.24) is 10.4 Å². The van der Waals surface area contributed by atoms with E-state index in [1.807, 2.05) is 5.43 Å². The van der Waals surface area contributed by atoms with Crippen LogP contribution < -0.4 is 40.8 Å². The third-order valence-corrected chi connectivity index (χ3v) is 4.16. The van der Waals surface area contributed by atoms with Gasteiger partial charge in [0, 0.05) is 0 Å². The maximum Gasteiger partial charge on any atom is 1.00 e. The Morgan fingerprint density at radius 3 is 2.59 bits per heavy atom. The molecule has 1 aromatic heterocycles. The molecule has 0 spiro atoms. The third kappa shape index (κ3) is 3.24. The second-order valence-corrected chi connectivity index (χ2v) is 5.58. The summed E-state index contributed by atoms with van der Waals surface area (Å²) in [5, 5.41) is -1.34. The Bertz CT molecular complexity index is 580. The second kappa shape index (κ2) is 5.72. The number of benzene rings is 1. The van der Waals surface area contributed by atoms with Crippen LogP contribution in [0.15, 0.2) is 24.3 Å². The van der Waals surface area contributed by atoms with Gasteiger partial charge in [0.2, 0.25) is 0 Å². The molecule has 9 heteroatoms. The summed E-state index contributed by atoms with van der Waals surface area (Å²) in [6.45, 7) is 0. The van der Waals surface area contributed by atoms with Crippen molar-refractivity contribution in [3.8, 4) is 0 Å². The maximum absolute atomic E-state index is 10.9. The van der Waals surface area contributed by atoms with Crippen molar-refractivity contribution in [3.05, 3.63) is 29.3 Å². The molecule has 86 valence electrons. The van der Waals surface area contributed by atoms with Gasteiger partial charge in [-0.05, 0) is 12.1 Å². The first kappa shape index (κ1) is 15.0. The predicted octanol–water partition coefficient (Wildman–Crippen LogP) is -2.69. The molecular formula is C8H8N3NaO3S2. The van der Waals surface area contributed by atoms with Crippen LogP contribution in [-0.2, 0) is 10.1 Å². The van der Waals surface area contributed by atoms with Gasteiger partial charge < -0.3 is 4.55 Å². The van der Waals surface area contributed by atoms with E-state index in [1.54, 1.807) is 24.3 Å². The maximum atomic E-state index is 10.9. The number of thiazole rings is 1. The van der Waals surface area contributed by atoms with Crippen molar-refractivity contribution in [1.29, 1.82) is 0 Å². The monoisotopic (exact) mass is 281 g/mol. The van der Waals surface area contributed by atoms with E-state index < -0.39 is 15.5 Å². The Morgan fingerprint density at radius 1 is 1.41 bits per heavy atom. The van der Waals surface area contributed by atoms with Gasteiger partial charge in [0.25, 0.3) is 0 Å². The summed E-state index contributed by atoms with van der Waals surface area (Å²) in [4.78, 5) is 4.05. The molecule has 0 saturated heterocycles. The molecule has 0 aliphatic rings. The van der Waals surface area contributed by atoms with Gasteiger partial charge in [-0.25, -0.2) is 18.8 Å². The average Bonchev–Trinajstić information content (AvgIpc) is 2.59. The van der Waals surface area contributed by atoms with E-state index in [0.29, 0.717) is 5.52 Å². The molecule has 1 aromatic carbocycles. The number of aromatic nitrogens is 1. The average molecular weight is 281 g/mol. The number of hydrazine groups is 1. The molecule has 0 bridgehead atoms. The summed E-state index contributed by atoms with van der Waals surface area (Å²) in [5.74, 6) is 5.05. The van der Waals surface area contributed by atoms with Crippen LogP contribution in [-0.4, -0.2) is 18.0 Å². The number of nitrogens with zero attached hydrogens (tertiary/aromatic N) is 1. The smallest absolute Gasteiger partial charge is 0.746 e. The summed E-state index contributed by atoms with van der Waals surface area (Å²) < 4.78 is 33.5. The van der Waals surface area contributed by atoms with E-state index in [2.05, 4.69) is 4.98 Å². The fourth-order valence-corrected chi connectivity index (χ4v) is 3.15. The van der Waals surface area contributed by atoms with E-state index in [4.69, 9.17) is 5.84 Å². The number of para-hydroxylation sites is 1. The molecule has 3 N–H and O–H groups in total. The van der Waals surface area contributed by atoms with Crippen LogP contribution in [0.3, 0.4) is 0 Å². The first-order chi connectivity index (χ1) is 7.52. The topological polar surface area (TPSA) is 108 Å². The Labute approximate surface area is 124 Å². The molecule has 6 nitrogen and oxygen atoms in total. The second-order valence-electron chi connectivity index (χ2n) is 3.06. The van der Waals surface area contributed by atoms with Crippen molar-refractivity contribution in [3.63, 3.8) is 0 Å². The standard InChI is InChI=1S/C8H9N3O3S2.Na/c9-11-8(16(12,13)14)7-10-5-3-1-2-4-6(5)15-7;/h1-4,8,11H,9H2,(H,12,13,14);/q;+1/p-1. The van der Waals surface area contributed by atoms with E-state index >= 15 is 0 Å². The predicted molar refractivity (Wildman–Crippen MR) is 59.4 cm³/mol. The van der Waals surface area contributed by atoms with E-state index in [9.17, 15) is 13.0 Å². The van der Waals surface area contributed by atoms with Gasteiger partial charge >= 0.3 is 29.6 Å². The fraction of sp³-hybridized carbons (Fsp3) is 0.125. The van der Waals surface area contributed by atoms with E-state index in [1.165, 1.54) is 0 Å². The molecule has 2 aromatic rings. The normalized spacial score (nSPS) is 13.3. The number of nitrogens with two attached hydrogens (primary N) is 1. The largest absolute Gasteiger partial charge is 1.00 e. The van der Waals surface area contributed by atoms with Crippen LogP contribution in [0.4, 0.5) is 0 Å². The third-order valence-electron chi connectivity index (χ3n) is 1.97. The van der Waals surface area contributed by atoms with Gasteiger partial charge in [-0.15, -0.1) is 11.3 Å². The zero-order chi connectivity index (χ0) is 11.8. The zero-order valence-corrected chi connectivity index (χ0v) is 12.6. The molecule has 0 fully saturated rings. The van der Waals surface area contributed by atoms with Gasteiger partial charge in [-0.3, -0.25) is 5.84 Å². The molecule has 1 atom stereocenters. The first-order valence-corrected chi connectivity index (χ1v) is 6.57. The summed E-state index contributed by atoms with van der Waals surface area (Å²) in [7, 11) is -4.55. The Hall–Kier alpha value is -0.0600. The molecule has 0 amide bonds. The number of fused-ring (bicyclic) bond motifs is 1. The van der Waals surface area contributed by atoms with E-state index in [-0.39, 0.29) is 34.6 Å². The van der Waals surface area contributed by atoms with Crippen molar-refractivity contribution < 1.29 is 42.5 Å². The molecule has 0 saturated carbocycles.